The molecule has 86 valence electrons. The van der Waals surface area contributed by atoms with Crippen molar-refractivity contribution in [1.82, 2.24) is 9.78 Å². The first-order valence-corrected chi connectivity index (χ1v) is 5.90. The number of carbonyl (C=O) groups excluding carboxylic acids is 1. The van der Waals surface area contributed by atoms with Crippen LogP contribution in [0.1, 0.15) is 37.8 Å². The van der Waals surface area contributed by atoms with Crippen LogP contribution < -0.4 is 0 Å². The molecule has 1 aromatic rings. The van der Waals surface area contributed by atoms with Crippen LogP contribution in [-0.4, -0.2) is 15.9 Å². The van der Waals surface area contributed by atoms with Crippen LogP contribution in [0.5, 0.6) is 0 Å². The molecule has 2 rings (SSSR count). The molecule has 1 saturated carbocycles. The lowest BCUT2D eigenvalue weighted by molar-refractivity contribution is 0.353. The fourth-order valence-corrected chi connectivity index (χ4v) is 2.45. The lowest BCUT2D eigenvalue weighted by Gasteiger charge is -2.20. The number of hydrogen-bond donors (Lipinski definition) is 0. The fraction of sp³-hybridized carbons (Fsp3) is 0.667. The SMILES string of the molecule is Cn1nc(CC2CCCCC2)cc1N=C=O. The number of isocyanates is 1. The lowest BCUT2D eigenvalue weighted by Crippen LogP contribution is -2.09. The molecule has 1 heterocycles. The van der Waals surface area contributed by atoms with E-state index in [0.29, 0.717) is 5.82 Å². The van der Waals surface area contributed by atoms with E-state index >= 15 is 0 Å². The Morgan fingerprint density at radius 1 is 1.50 bits per heavy atom. The molecule has 0 bridgehead atoms. The molecule has 0 spiro atoms. The minimum Gasteiger partial charge on any atom is -0.250 e. The summed E-state index contributed by atoms with van der Waals surface area (Å²) in [5, 5.41) is 4.37. The molecule has 1 aliphatic rings. The number of hydrogen-bond acceptors (Lipinski definition) is 3. The zero-order valence-electron chi connectivity index (χ0n) is 9.65. The Labute approximate surface area is 95.4 Å². The maximum Gasteiger partial charge on any atom is 0.242 e. The number of nitrogens with zero attached hydrogens (tertiary/aromatic N) is 3. The van der Waals surface area contributed by atoms with Gasteiger partial charge in [-0.05, 0) is 12.3 Å². The van der Waals surface area contributed by atoms with Crippen molar-refractivity contribution in [2.45, 2.75) is 38.5 Å². The molecule has 0 radical (unpaired) electrons. The van der Waals surface area contributed by atoms with Crippen LogP contribution in [-0.2, 0) is 18.3 Å². The second-order valence-electron chi connectivity index (χ2n) is 4.53. The highest BCUT2D eigenvalue weighted by atomic mass is 16.1. The van der Waals surface area contributed by atoms with Gasteiger partial charge in [0, 0.05) is 13.1 Å². The van der Waals surface area contributed by atoms with E-state index < -0.39 is 0 Å². The van der Waals surface area contributed by atoms with E-state index in [9.17, 15) is 4.79 Å². The molecular weight excluding hydrogens is 202 g/mol. The largest absolute Gasteiger partial charge is 0.250 e. The van der Waals surface area contributed by atoms with E-state index in [-0.39, 0.29) is 0 Å². The topological polar surface area (TPSA) is 47.2 Å². The molecular formula is C12H17N3O. The van der Waals surface area contributed by atoms with Crippen molar-refractivity contribution in [2.75, 3.05) is 0 Å². The lowest BCUT2D eigenvalue weighted by atomic mass is 9.86. The van der Waals surface area contributed by atoms with Crippen molar-refractivity contribution < 1.29 is 4.79 Å². The first-order valence-electron chi connectivity index (χ1n) is 5.90. The van der Waals surface area contributed by atoms with Crippen molar-refractivity contribution in [1.29, 1.82) is 0 Å². The Morgan fingerprint density at radius 2 is 2.25 bits per heavy atom. The number of rotatable bonds is 3. The summed E-state index contributed by atoms with van der Waals surface area (Å²) in [6.45, 7) is 0. The van der Waals surface area contributed by atoms with Crippen LogP contribution in [0, 0.1) is 5.92 Å². The van der Waals surface area contributed by atoms with E-state index in [1.54, 1.807) is 17.8 Å². The van der Waals surface area contributed by atoms with Gasteiger partial charge in [-0.1, -0.05) is 32.1 Å². The third kappa shape index (κ3) is 2.58. The molecule has 0 aromatic carbocycles. The van der Waals surface area contributed by atoms with Crippen molar-refractivity contribution in [2.24, 2.45) is 18.0 Å². The Kier molecular flexibility index (Phi) is 3.52. The van der Waals surface area contributed by atoms with Crippen molar-refractivity contribution in [3.05, 3.63) is 11.8 Å². The van der Waals surface area contributed by atoms with Gasteiger partial charge in [-0.25, -0.2) is 9.48 Å². The molecule has 0 saturated heterocycles. The Balaban J connectivity index is 2.03. The summed E-state index contributed by atoms with van der Waals surface area (Å²) in [6, 6.07) is 1.89. The molecule has 0 amide bonds. The average Bonchev–Trinajstić information content (AvgIpc) is 2.61. The molecule has 16 heavy (non-hydrogen) atoms. The molecule has 1 fully saturated rings. The Bertz CT molecular complexity index is 398. The summed E-state index contributed by atoms with van der Waals surface area (Å²) in [6.07, 6.45) is 9.25. The van der Waals surface area contributed by atoms with E-state index in [0.717, 1.165) is 18.0 Å². The zero-order valence-corrected chi connectivity index (χ0v) is 9.65. The molecule has 1 aliphatic carbocycles. The van der Waals surface area contributed by atoms with Crippen LogP contribution in [0.2, 0.25) is 0 Å². The smallest absolute Gasteiger partial charge is 0.242 e. The van der Waals surface area contributed by atoms with Gasteiger partial charge in [-0.3, -0.25) is 0 Å². The molecule has 0 N–H and O–H groups in total. The quantitative estimate of drug-likeness (QED) is 0.579. The van der Waals surface area contributed by atoms with Crippen LogP contribution in [0.3, 0.4) is 0 Å². The number of aryl methyl sites for hydroxylation is 1. The summed E-state index contributed by atoms with van der Waals surface area (Å²) in [5.74, 6) is 1.36. The highest BCUT2D eigenvalue weighted by Crippen LogP contribution is 2.27. The van der Waals surface area contributed by atoms with Crippen molar-refractivity contribution in [3.63, 3.8) is 0 Å². The van der Waals surface area contributed by atoms with Crippen LogP contribution >= 0.6 is 0 Å². The molecule has 0 aliphatic heterocycles. The maximum atomic E-state index is 10.2. The normalized spacial score (nSPS) is 17.1. The Morgan fingerprint density at radius 3 is 2.94 bits per heavy atom. The third-order valence-electron chi connectivity index (χ3n) is 3.29. The molecule has 4 nitrogen and oxygen atoms in total. The molecule has 1 aromatic heterocycles. The second kappa shape index (κ2) is 5.08. The maximum absolute atomic E-state index is 10.2. The summed E-state index contributed by atoms with van der Waals surface area (Å²) < 4.78 is 1.64. The third-order valence-corrected chi connectivity index (χ3v) is 3.29. The highest BCUT2D eigenvalue weighted by molar-refractivity contribution is 5.45. The Hall–Kier alpha value is -1.41. The fourth-order valence-electron chi connectivity index (χ4n) is 2.45. The highest BCUT2D eigenvalue weighted by Gasteiger charge is 2.16. The molecule has 0 atom stereocenters. The van der Waals surface area contributed by atoms with Crippen molar-refractivity contribution in [3.8, 4) is 0 Å². The summed E-state index contributed by atoms with van der Waals surface area (Å²) in [5.41, 5.74) is 1.04. The van der Waals surface area contributed by atoms with Crippen LogP contribution in [0.15, 0.2) is 11.1 Å². The van der Waals surface area contributed by atoms with Gasteiger partial charge >= 0.3 is 0 Å². The van der Waals surface area contributed by atoms with Gasteiger partial charge in [-0.2, -0.15) is 5.10 Å². The van der Waals surface area contributed by atoms with Crippen molar-refractivity contribution >= 4 is 11.9 Å². The number of aliphatic imine (C=N–C) groups is 1. The average molecular weight is 219 g/mol. The molecule has 0 unspecified atom stereocenters. The van der Waals surface area contributed by atoms with Gasteiger partial charge < -0.3 is 0 Å². The van der Waals surface area contributed by atoms with Gasteiger partial charge in [0.05, 0.1) is 5.69 Å². The van der Waals surface area contributed by atoms with E-state index in [1.807, 2.05) is 6.07 Å². The molecule has 4 heteroatoms. The summed E-state index contributed by atoms with van der Waals surface area (Å²) in [7, 11) is 1.81. The van der Waals surface area contributed by atoms with Crippen LogP contribution in [0.4, 0.5) is 5.82 Å². The predicted molar refractivity (Wildman–Crippen MR) is 61.3 cm³/mol. The van der Waals surface area contributed by atoms with Gasteiger partial charge in [0.2, 0.25) is 6.08 Å². The first-order chi connectivity index (χ1) is 7.79. The van der Waals surface area contributed by atoms with Gasteiger partial charge in [0.25, 0.3) is 0 Å². The van der Waals surface area contributed by atoms with Gasteiger partial charge in [0.1, 0.15) is 0 Å². The second-order valence-corrected chi connectivity index (χ2v) is 4.53. The van der Waals surface area contributed by atoms with Gasteiger partial charge in [-0.15, -0.1) is 4.99 Å². The summed E-state index contributed by atoms with van der Waals surface area (Å²) in [4.78, 5) is 13.8. The number of aromatic nitrogens is 2. The summed E-state index contributed by atoms with van der Waals surface area (Å²) >= 11 is 0. The van der Waals surface area contributed by atoms with E-state index in [1.165, 1.54) is 32.1 Å². The minimum atomic E-state index is 0.598. The monoisotopic (exact) mass is 219 g/mol. The minimum absolute atomic E-state index is 0.598. The zero-order chi connectivity index (χ0) is 11.4. The van der Waals surface area contributed by atoms with E-state index in [2.05, 4.69) is 10.1 Å². The van der Waals surface area contributed by atoms with Crippen LogP contribution in [0.25, 0.3) is 0 Å². The first kappa shape index (κ1) is 11.1. The standard InChI is InChI=1S/C12H17N3O/c1-15-12(13-9-16)8-11(14-15)7-10-5-3-2-4-6-10/h8,10H,2-7H2,1H3. The van der Waals surface area contributed by atoms with Gasteiger partial charge in [0.15, 0.2) is 5.82 Å². The predicted octanol–water partition coefficient (Wildman–Crippen LogP) is 2.51. The van der Waals surface area contributed by atoms with E-state index in [4.69, 9.17) is 0 Å².